The van der Waals surface area contributed by atoms with E-state index in [4.69, 9.17) is 37.4 Å². The SMILES string of the molecule is COc1cc(OC)c(Cl)c(-c2cc3cnc(-c4cnn(C)c4)cc3n(CCN3CCOCC3)c2=O)c1Cl. The number of fused-ring (bicyclic) bond motifs is 1. The number of morpholine rings is 1. The van der Waals surface area contributed by atoms with Crippen molar-refractivity contribution in [3.8, 4) is 33.9 Å². The summed E-state index contributed by atoms with van der Waals surface area (Å²) in [6.45, 7) is 4.16. The van der Waals surface area contributed by atoms with Crippen LogP contribution in [-0.4, -0.2) is 71.3 Å². The van der Waals surface area contributed by atoms with Crippen molar-refractivity contribution in [2.75, 3.05) is 47.1 Å². The number of hydrogen-bond acceptors (Lipinski definition) is 7. The minimum Gasteiger partial charge on any atom is -0.495 e. The molecule has 1 fully saturated rings. The van der Waals surface area contributed by atoms with Crippen LogP contribution in [0.3, 0.4) is 0 Å². The van der Waals surface area contributed by atoms with Crippen molar-refractivity contribution in [1.82, 2.24) is 24.2 Å². The van der Waals surface area contributed by atoms with E-state index in [2.05, 4.69) is 15.0 Å². The number of ether oxygens (including phenoxy) is 3. The van der Waals surface area contributed by atoms with E-state index in [-0.39, 0.29) is 15.6 Å². The van der Waals surface area contributed by atoms with Gasteiger partial charge in [0.2, 0.25) is 0 Å². The fourth-order valence-corrected chi connectivity index (χ4v) is 5.28. The number of aryl methyl sites for hydroxylation is 1. The summed E-state index contributed by atoms with van der Waals surface area (Å²) < 4.78 is 19.8. The second-order valence-corrected chi connectivity index (χ2v) is 9.54. The Bertz CT molecular complexity index is 1480. The summed E-state index contributed by atoms with van der Waals surface area (Å²) in [6, 6.07) is 5.30. The van der Waals surface area contributed by atoms with E-state index in [9.17, 15) is 4.79 Å². The van der Waals surface area contributed by atoms with Crippen LogP contribution >= 0.6 is 23.2 Å². The molecule has 0 atom stereocenters. The van der Waals surface area contributed by atoms with E-state index in [1.807, 2.05) is 19.3 Å². The Morgan fingerprint density at radius 1 is 1.00 bits per heavy atom. The number of methoxy groups -OCH3 is 2. The molecule has 5 rings (SSSR count). The number of halogens is 2. The summed E-state index contributed by atoms with van der Waals surface area (Å²) in [5.74, 6) is 0.727. The highest BCUT2D eigenvalue weighted by Crippen LogP contribution is 2.45. The van der Waals surface area contributed by atoms with E-state index in [1.54, 1.807) is 33.8 Å². The first-order valence-corrected chi connectivity index (χ1v) is 12.6. The molecule has 4 aromatic rings. The predicted octanol–water partition coefficient (Wildman–Crippen LogP) is 4.12. The van der Waals surface area contributed by atoms with Crippen LogP contribution in [0.15, 0.2) is 41.6 Å². The van der Waals surface area contributed by atoms with Gasteiger partial charge in [-0.3, -0.25) is 19.4 Å². The summed E-state index contributed by atoms with van der Waals surface area (Å²) in [7, 11) is 4.86. The molecule has 0 amide bonds. The van der Waals surface area contributed by atoms with Crippen LogP contribution in [0.2, 0.25) is 10.0 Å². The molecule has 0 radical (unpaired) electrons. The van der Waals surface area contributed by atoms with Gasteiger partial charge in [-0.15, -0.1) is 0 Å². The highest BCUT2D eigenvalue weighted by atomic mass is 35.5. The number of benzene rings is 1. The monoisotopic (exact) mass is 543 g/mol. The van der Waals surface area contributed by atoms with Crippen LogP contribution < -0.4 is 15.0 Å². The van der Waals surface area contributed by atoms with E-state index < -0.39 is 0 Å². The molecule has 1 saturated heterocycles. The molecule has 0 spiro atoms. The molecule has 0 aliphatic carbocycles. The second-order valence-electron chi connectivity index (χ2n) is 8.78. The van der Waals surface area contributed by atoms with Crippen molar-refractivity contribution in [3.05, 3.63) is 57.2 Å². The van der Waals surface area contributed by atoms with Crippen LogP contribution in [0.25, 0.3) is 33.3 Å². The maximum absolute atomic E-state index is 14.1. The fourth-order valence-electron chi connectivity index (χ4n) is 4.57. The maximum atomic E-state index is 14.1. The van der Waals surface area contributed by atoms with Crippen molar-refractivity contribution in [2.24, 2.45) is 7.05 Å². The van der Waals surface area contributed by atoms with Crippen molar-refractivity contribution in [1.29, 1.82) is 0 Å². The molecule has 11 heteroatoms. The number of hydrogen-bond donors (Lipinski definition) is 0. The quantitative estimate of drug-likeness (QED) is 0.346. The number of rotatable bonds is 7. The summed E-state index contributed by atoms with van der Waals surface area (Å²) in [4.78, 5) is 21.0. The average molecular weight is 544 g/mol. The second kappa shape index (κ2) is 10.7. The van der Waals surface area contributed by atoms with Gasteiger partial charge in [-0.1, -0.05) is 23.2 Å². The van der Waals surface area contributed by atoms with Gasteiger partial charge in [0.15, 0.2) is 0 Å². The highest BCUT2D eigenvalue weighted by molar-refractivity contribution is 6.41. The molecule has 0 N–H and O–H groups in total. The predicted molar refractivity (Wildman–Crippen MR) is 144 cm³/mol. The highest BCUT2D eigenvalue weighted by Gasteiger charge is 2.23. The molecule has 4 heterocycles. The first-order chi connectivity index (χ1) is 17.9. The zero-order valence-electron chi connectivity index (χ0n) is 20.8. The molecule has 1 aromatic carbocycles. The van der Waals surface area contributed by atoms with Crippen molar-refractivity contribution >= 4 is 34.1 Å². The molecule has 0 unspecified atom stereocenters. The maximum Gasteiger partial charge on any atom is 0.259 e. The number of aromatic nitrogens is 4. The van der Waals surface area contributed by atoms with Gasteiger partial charge in [-0.2, -0.15) is 5.10 Å². The van der Waals surface area contributed by atoms with Crippen LogP contribution in [0.4, 0.5) is 0 Å². The van der Waals surface area contributed by atoms with Gasteiger partial charge < -0.3 is 18.8 Å². The third kappa shape index (κ3) is 4.92. The Hall–Kier alpha value is -3.11. The van der Waals surface area contributed by atoms with Crippen LogP contribution in [0.5, 0.6) is 11.5 Å². The first-order valence-electron chi connectivity index (χ1n) is 11.8. The molecular formula is C26H27Cl2N5O4. The van der Waals surface area contributed by atoms with Gasteiger partial charge in [0, 0.05) is 68.2 Å². The lowest BCUT2D eigenvalue weighted by Crippen LogP contribution is -2.39. The Kier molecular flexibility index (Phi) is 7.39. The smallest absolute Gasteiger partial charge is 0.259 e. The molecule has 194 valence electrons. The zero-order valence-corrected chi connectivity index (χ0v) is 22.3. The van der Waals surface area contributed by atoms with Crippen LogP contribution in [-0.2, 0) is 18.3 Å². The van der Waals surface area contributed by atoms with E-state index in [0.29, 0.717) is 48.9 Å². The van der Waals surface area contributed by atoms with Gasteiger partial charge in [-0.05, 0) is 12.1 Å². The molecular weight excluding hydrogens is 517 g/mol. The lowest BCUT2D eigenvalue weighted by Gasteiger charge is -2.27. The Morgan fingerprint density at radius 2 is 1.70 bits per heavy atom. The topological polar surface area (TPSA) is 83.6 Å². The van der Waals surface area contributed by atoms with Crippen molar-refractivity contribution in [2.45, 2.75) is 6.54 Å². The van der Waals surface area contributed by atoms with E-state index in [1.165, 1.54) is 14.2 Å². The molecule has 0 bridgehead atoms. The van der Waals surface area contributed by atoms with Crippen LogP contribution in [0, 0.1) is 0 Å². The Labute approximate surface area is 224 Å². The fraction of sp³-hybridized carbons (Fsp3) is 0.346. The minimum atomic E-state index is -0.219. The lowest BCUT2D eigenvalue weighted by atomic mass is 10.0. The molecule has 1 aliphatic rings. The molecule has 37 heavy (non-hydrogen) atoms. The van der Waals surface area contributed by atoms with Crippen LogP contribution in [0.1, 0.15) is 0 Å². The summed E-state index contributed by atoms with van der Waals surface area (Å²) in [5.41, 5.74) is 2.85. The Morgan fingerprint density at radius 3 is 2.32 bits per heavy atom. The lowest BCUT2D eigenvalue weighted by molar-refractivity contribution is 0.0364. The first kappa shape index (κ1) is 25.5. The van der Waals surface area contributed by atoms with Gasteiger partial charge in [-0.25, -0.2) is 0 Å². The molecule has 1 aliphatic heterocycles. The molecule has 9 nitrogen and oxygen atoms in total. The number of nitrogens with zero attached hydrogens (tertiary/aromatic N) is 5. The van der Waals surface area contributed by atoms with Gasteiger partial charge >= 0.3 is 0 Å². The van der Waals surface area contributed by atoms with Crippen molar-refractivity contribution < 1.29 is 14.2 Å². The van der Waals surface area contributed by atoms with Gasteiger partial charge in [0.25, 0.3) is 5.56 Å². The third-order valence-corrected chi connectivity index (χ3v) is 7.32. The standard InChI is InChI=1S/C26H27Cl2N5O4/c1-31-15-17(14-30-31)19-11-20-16(13-29-19)10-18(23-24(27)21(35-2)12-22(36-3)25(23)28)26(34)33(20)5-4-32-6-8-37-9-7-32/h10-15H,4-9H2,1-3H3. The van der Waals surface area contributed by atoms with Gasteiger partial charge in [0.1, 0.15) is 11.5 Å². The normalized spacial score (nSPS) is 14.3. The average Bonchev–Trinajstić information content (AvgIpc) is 3.35. The van der Waals surface area contributed by atoms with Crippen molar-refractivity contribution in [3.63, 3.8) is 0 Å². The number of pyridine rings is 2. The summed E-state index contributed by atoms with van der Waals surface area (Å²) in [6.07, 6.45) is 5.40. The Balaban J connectivity index is 1.71. The minimum absolute atomic E-state index is 0.219. The molecule has 0 saturated carbocycles. The summed E-state index contributed by atoms with van der Waals surface area (Å²) >= 11 is 13.4. The van der Waals surface area contributed by atoms with E-state index >= 15 is 0 Å². The molecule has 3 aromatic heterocycles. The largest absolute Gasteiger partial charge is 0.495 e. The third-order valence-electron chi connectivity index (χ3n) is 6.57. The van der Waals surface area contributed by atoms with E-state index in [0.717, 1.165) is 35.2 Å². The zero-order chi connectivity index (χ0) is 26.1. The summed E-state index contributed by atoms with van der Waals surface area (Å²) in [5, 5.41) is 5.51. The van der Waals surface area contributed by atoms with Gasteiger partial charge in [0.05, 0.1) is 60.4 Å².